The van der Waals surface area contributed by atoms with Crippen molar-refractivity contribution in [2.75, 3.05) is 5.32 Å². The fourth-order valence-corrected chi connectivity index (χ4v) is 3.59. The highest BCUT2D eigenvalue weighted by molar-refractivity contribution is 8.00. The summed E-state index contributed by atoms with van der Waals surface area (Å²) in [5.74, 6) is -0.589. The molecule has 0 radical (unpaired) electrons. The van der Waals surface area contributed by atoms with Crippen LogP contribution in [0.2, 0.25) is 0 Å². The molecule has 1 N–H and O–H groups in total. The van der Waals surface area contributed by atoms with E-state index in [2.05, 4.69) is 10.3 Å². The maximum atomic E-state index is 13.1. The molecule has 3 aromatic carbocycles. The first-order valence-corrected chi connectivity index (χ1v) is 9.20. The number of carbonyl (C=O) groups excluding carboxylic acids is 1. The Bertz CT molecular complexity index is 1030. The number of oxazole rings is 1. The minimum Gasteiger partial charge on any atom is -0.431 e. The van der Waals surface area contributed by atoms with Gasteiger partial charge in [-0.2, -0.15) is 0 Å². The van der Waals surface area contributed by atoms with Crippen molar-refractivity contribution in [1.29, 1.82) is 0 Å². The molecule has 0 aliphatic rings. The van der Waals surface area contributed by atoms with Crippen LogP contribution in [0.15, 0.2) is 88.5 Å². The summed E-state index contributed by atoms with van der Waals surface area (Å²) < 4.78 is 18.9. The van der Waals surface area contributed by atoms with E-state index < -0.39 is 5.25 Å². The van der Waals surface area contributed by atoms with Gasteiger partial charge >= 0.3 is 0 Å². The van der Waals surface area contributed by atoms with Crippen molar-refractivity contribution in [2.45, 2.75) is 10.5 Å². The van der Waals surface area contributed by atoms with Crippen LogP contribution < -0.4 is 5.32 Å². The van der Waals surface area contributed by atoms with Gasteiger partial charge in [-0.1, -0.05) is 42.5 Å². The zero-order valence-electron chi connectivity index (χ0n) is 14.1. The van der Waals surface area contributed by atoms with Crippen LogP contribution in [0, 0.1) is 5.82 Å². The predicted molar refractivity (Wildman–Crippen MR) is 104 cm³/mol. The van der Waals surface area contributed by atoms with Crippen LogP contribution in [-0.2, 0) is 4.79 Å². The Morgan fingerprint density at radius 3 is 2.41 bits per heavy atom. The zero-order valence-corrected chi connectivity index (χ0v) is 14.9. The number of amides is 1. The molecule has 1 amide bonds. The number of para-hydroxylation sites is 2. The summed E-state index contributed by atoms with van der Waals surface area (Å²) in [7, 11) is 0. The van der Waals surface area contributed by atoms with Gasteiger partial charge in [-0.05, 0) is 53.7 Å². The van der Waals surface area contributed by atoms with Gasteiger partial charge in [0.2, 0.25) is 5.91 Å². The number of nitrogens with zero attached hydrogens (tertiary/aromatic N) is 1. The van der Waals surface area contributed by atoms with Gasteiger partial charge < -0.3 is 9.73 Å². The molecule has 0 unspecified atom stereocenters. The molecule has 0 fully saturated rings. The van der Waals surface area contributed by atoms with E-state index in [0.29, 0.717) is 16.5 Å². The molecule has 1 aromatic heterocycles. The summed E-state index contributed by atoms with van der Waals surface area (Å²) in [5.41, 5.74) is 2.77. The summed E-state index contributed by atoms with van der Waals surface area (Å²) in [6, 6.07) is 22.5. The summed E-state index contributed by atoms with van der Waals surface area (Å²) in [6.07, 6.45) is 0. The molecule has 1 atom stereocenters. The third-order valence-electron chi connectivity index (χ3n) is 3.95. The number of aromatic nitrogens is 1. The molecular formula is C21H15FN2O2S. The predicted octanol–water partition coefficient (Wildman–Crippen LogP) is 5.44. The van der Waals surface area contributed by atoms with E-state index >= 15 is 0 Å². The van der Waals surface area contributed by atoms with Gasteiger partial charge in [-0.25, -0.2) is 9.37 Å². The number of anilines is 1. The molecule has 0 saturated carbocycles. The third-order valence-corrected chi connectivity index (χ3v) is 5.04. The van der Waals surface area contributed by atoms with Crippen molar-refractivity contribution >= 4 is 34.5 Å². The SMILES string of the molecule is O=C(Nc1ccc(F)cc1)[C@@H](Sc1nc2ccccc2o1)c1ccccc1. The molecule has 4 aromatic rings. The van der Waals surface area contributed by atoms with E-state index in [0.717, 1.165) is 11.1 Å². The Labute approximate surface area is 159 Å². The van der Waals surface area contributed by atoms with Gasteiger partial charge in [0.05, 0.1) is 0 Å². The van der Waals surface area contributed by atoms with E-state index in [9.17, 15) is 9.18 Å². The summed E-state index contributed by atoms with van der Waals surface area (Å²) >= 11 is 1.23. The highest BCUT2D eigenvalue weighted by Gasteiger charge is 2.24. The third kappa shape index (κ3) is 4.01. The highest BCUT2D eigenvalue weighted by atomic mass is 32.2. The van der Waals surface area contributed by atoms with Crippen LogP contribution in [0.5, 0.6) is 0 Å². The smallest absolute Gasteiger partial charge is 0.257 e. The van der Waals surface area contributed by atoms with Crippen LogP contribution in [0.4, 0.5) is 10.1 Å². The van der Waals surface area contributed by atoms with E-state index in [-0.39, 0.29) is 11.7 Å². The molecular weight excluding hydrogens is 363 g/mol. The molecule has 0 spiro atoms. The van der Waals surface area contributed by atoms with Gasteiger partial charge in [0.15, 0.2) is 5.58 Å². The van der Waals surface area contributed by atoms with Crippen LogP contribution in [0.25, 0.3) is 11.1 Å². The summed E-state index contributed by atoms with van der Waals surface area (Å²) in [5, 5.41) is 2.68. The van der Waals surface area contributed by atoms with Crippen molar-refractivity contribution in [3.63, 3.8) is 0 Å². The maximum Gasteiger partial charge on any atom is 0.257 e. The monoisotopic (exact) mass is 378 g/mol. The molecule has 4 rings (SSSR count). The molecule has 134 valence electrons. The molecule has 0 aliphatic carbocycles. The number of thioether (sulfide) groups is 1. The summed E-state index contributed by atoms with van der Waals surface area (Å²) in [6.45, 7) is 0. The first-order valence-electron chi connectivity index (χ1n) is 8.33. The molecule has 27 heavy (non-hydrogen) atoms. The molecule has 0 aliphatic heterocycles. The Morgan fingerprint density at radius 1 is 0.963 bits per heavy atom. The van der Waals surface area contributed by atoms with Gasteiger partial charge in [0.25, 0.3) is 5.22 Å². The van der Waals surface area contributed by atoms with E-state index in [1.807, 2.05) is 54.6 Å². The quantitative estimate of drug-likeness (QED) is 0.470. The number of hydrogen-bond acceptors (Lipinski definition) is 4. The maximum absolute atomic E-state index is 13.1. The fourth-order valence-electron chi connectivity index (χ4n) is 2.64. The van der Waals surface area contributed by atoms with Gasteiger partial charge in [-0.3, -0.25) is 4.79 Å². The first-order chi connectivity index (χ1) is 13.2. The molecule has 6 heteroatoms. The normalized spacial score (nSPS) is 12.0. The van der Waals surface area contributed by atoms with E-state index in [1.165, 1.54) is 36.0 Å². The second-order valence-electron chi connectivity index (χ2n) is 5.85. The molecule has 0 saturated heterocycles. The first kappa shape index (κ1) is 17.3. The lowest BCUT2D eigenvalue weighted by Crippen LogP contribution is -2.19. The number of benzene rings is 3. The zero-order chi connectivity index (χ0) is 18.6. The Hall–Kier alpha value is -3.12. The minimum atomic E-state index is -0.565. The average molecular weight is 378 g/mol. The highest BCUT2D eigenvalue weighted by Crippen LogP contribution is 2.37. The lowest BCUT2D eigenvalue weighted by molar-refractivity contribution is -0.115. The second-order valence-corrected chi connectivity index (χ2v) is 6.91. The number of halogens is 1. The lowest BCUT2D eigenvalue weighted by Gasteiger charge is -2.15. The molecule has 1 heterocycles. The number of carbonyl (C=O) groups is 1. The van der Waals surface area contributed by atoms with Crippen molar-refractivity contribution < 1.29 is 13.6 Å². The van der Waals surface area contributed by atoms with Crippen molar-refractivity contribution in [3.05, 3.63) is 90.2 Å². The minimum absolute atomic E-state index is 0.236. The summed E-state index contributed by atoms with van der Waals surface area (Å²) in [4.78, 5) is 17.4. The Morgan fingerprint density at radius 2 is 1.67 bits per heavy atom. The van der Waals surface area contributed by atoms with Crippen LogP contribution in [-0.4, -0.2) is 10.9 Å². The van der Waals surface area contributed by atoms with Gasteiger partial charge in [-0.15, -0.1) is 0 Å². The van der Waals surface area contributed by atoms with Crippen LogP contribution in [0.3, 0.4) is 0 Å². The van der Waals surface area contributed by atoms with Gasteiger partial charge in [0, 0.05) is 5.69 Å². The largest absolute Gasteiger partial charge is 0.431 e. The van der Waals surface area contributed by atoms with Gasteiger partial charge in [0.1, 0.15) is 16.6 Å². The lowest BCUT2D eigenvalue weighted by atomic mass is 10.1. The second kappa shape index (κ2) is 7.63. The van der Waals surface area contributed by atoms with Crippen molar-refractivity contribution in [3.8, 4) is 0 Å². The Balaban J connectivity index is 1.62. The number of rotatable bonds is 5. The fraction of sp³-hybridized carbons (Fsp3) is 0.0476. The number of fused-ring (bicyclic) bond motifs is 1. The van der Waals surface area contributed by atoms with E-state index in [1.54, 1.807) is 0 Å². The van der Waals surface area contributed by atoms with Crippen LogP contribution in [0.1, 0.15) is 10.8 Å². The van der Waals surface area contributed by atoms with Crippen molar-refractivity contribution in [2.24, 2.45) is 0 Å². The standard InChI is InChI=1S/C21H15FN2O2S/c22-15-10-12-16(13-11-15)23-20(25)19(14-6-2-1-3-7-14)27-21-24-17-8-4-5-9-18(17)26-21/h1-13,19H,(H,23,25)/t19-/m0/s1. The van der Waals surface area contributed by atoms with E-state index in [4.69, 9.17) is 4.42 Å². The molecule has 4 nitrogen and oxygen atoms in total. The number of hydrogen-bond donors (Lipinski definition) is 1. The number of nitrogens with one attached hydrogen (secondary N) is 1. The van der Waals surface area contributed by atoms with Crippen LogP contribution >= 0.6 is 11.8 Å². The topological polar surface area (TPSA) is 55.1 Å². The molecule has 0 bridgehead atoms. The van der Waals surface area contributed by atoms with Crippen molar-refractivity contribution in [1.82, 2.24) is 4.98 Å². The Kier molecular flexibility index (Phi) is 4.89. The average Bonchev–Trinajstić information content (AvgIpc) is 3.11.